The maximum atomic E-state index is 8.94. The van der Waals surface area contributed by atoms with Crippen molar-refractivity contribution in [2.45, 2.75) is 77.0 Å². The molecule has 0 bridgehead atoms. The molecule has 0 heterocycles. The first-order valence-corrected chi connectivity index (χ1v) is 13.1. The van der Waals surface area contributed by atoms with E-state index in [1.165, 1.54) is 25.7 Å². The second-order valence-corrected chi connectivity index (χ2v) is 9.33. The monoisotopic (exact) mass is 432 g/mol. The van der Waals surface area contributed by atoms with Crippen LogP contribution in [-0.4, -0.2) is 41.2 Å². The highest BCUT2D eigenvalue weighted by Gasteiger charge is 2.28. The molecule has 0 aliphatic carbocycles. The van der Waals surface area contributed by atoms with Crippen LogP contribution in [0.5, 0.6) is 0 Å². The number of hydrogen-bond acceptors (Lipinski definition) is 8. The smallest absolute Gasteiger partial charge is 0.0195 e. The molecule has 0 spiro atoms. The fourth-order valence-electron chi connectivity index (χ4n) is 3.42. The molecule has 0 amide bonds. The van der Waals surface area contributed by atoms with Gasteiger partial charge in [-0.15, -0.1) is 0 Å². The predicted molar refractivity (Wildman–Crippen MR) is 118 cm³/mol. The van der Waals surface area contributed by atoms with Gasteiger partial charge in [-0.05, 0) is 105 Å². The molecule has 25 heavy (non-hydrogen) atoms. The van der Waals surface area contributed by atoms with E-state index in [9.17, 15) is 0 Å². The number of rotatable bonds is 20. The predicted octanol–water partition coefficient (Wildman–Crippen LogP) is 7.48. The van der Waals surface area contributed by atoms with E-state index >= 15 is 0 Å². The van der Waals surface area contributed by atoms with E-state index in [4.69, 9.17) is 18.2 Å². The van der Waals surface area contributed by atoms with Crippen LogP contribution in [0, 0.1) is 5.41 Å². The molecule has 0 rings (SSSR count). The molecule has 0 aromatic carbocycles. The summed E-state index contributed by atoms with van der Waals surface area (Å²) in [6.07, 6.45) is 13.5. The van der Waals surface area contributed by atoms with Crippen LogP contribution in [0.3, 0.4) is 0 Å². The Labute approximate surface area is 171 Å². The van der Waals surface area contributed by atoms with E-state index in [2.05, 4.69) is 0 Å². The molecule has 0 aliphatic rings. The van der Waals surface area contributed by atoms with E-state index in [1.807, 2.05) is 0 Å². The van der Waals surface area contributed by atoms with E-state index in [-0.39, 0.29) is 0 Å². The highest BCUT2D eigenvalue weighted by Crippen LogP contribution is 2.41. The molecule has 0 saturated heterocycles. The summed E-state index contributed by atoms with van der Waals surface area (Å²) in [4.78, 5) is 0. The molecule has 0 aromatic rings. The molecule has 8 heteroatoms. The minimum atomic E-state index is 0.334. The quantitative estimate of drug-likeness (QED) is 0.116. The van der Waals surface area contributed by atoms with Crippen LogP contribution in [0.15, 0.2) is 0 Å². The van der Waals surface area contributed by atoms with Crippen LogP contribution in [0.25, 0.3) is 0 Å². The van der Waals surface area contributed by atoms with Gasteiger partial charge in [0.2, 0.25) is 0 Å². The Hall–Kier alpha value is 1.24. The topological polar surface area (TPSA) is 80.9 Å². The molecule has 0 fully saturated rings. The summed E-state index contributed by atoms with van der Waals surface area (Å²) in [6, 6.07) is 0. The molecule has 0 unspecified atom stereocenters. The molecule has 152 valence electrons. The van der Waals surface area contributed by atoms with Gasteiger partial charge < -0.3 is 18.2 Å². The van der Waals surface area contributed by atoms with Crippen molar-refractivity contribution in [3.05, 3.63) is 0 Å². The molecule has 0 saturated carbocycles. The van der Waals surface area contributed by atoms with Gasteiger partial charge in [0.15, 0.2) is 0 Å². The molecular formula is C17H36O4S4. The van der Waals surface area contributed by atoms with E-state index in [0.29, 0.717) is 5.41 Å². The SMILES string of the molecule is OSCCCCC(CCCCSO)(CCCCSO)CCCCSO. The Kier molecular flexibility index (Phi) is 21.0. The third-order valence-corrected chi connectivity index (χ3v) is 6.66. The van der Waals surface area contributed by atoms with Crippen LogP contribution in [0.1, 0.15) is 77.0 Å². The van der Waals surface area contributed by atoms with Crippen molar-refractivity contribution in [1.82, 2.24) is 0 Å². The lowest BCUT2D eigenvalue weighted by Gasteiger charge is -2.35. The summed E-state index contributed by atoms with van der Waals surface area (Å²) in [5.74, 6) is 3.22. The minimum absolute atomic E-state index is 0.334. The molecular weight excluding hydrogens is 396 g/mol. The van der Waals surface area contributed by atoms with Crippen molar-refractivity contribution in [3.63, 3.8) is 0 Å². The zero-order valence-electron chi connectivity index (χ0n) is 15.2. The fraction of sp³-hybridized carbons (Fsp3) is 1.00. The first kappa shape index (κ1) is 26.2. The lowest BCUT2D eigenvalue weighted by molar-refractivity contribution is 0.178. The maximum Gasteiger partial charge on any atom is 0.0195 e. The van der Waals surface area contributed by atoms with E-state index in [1.54, 1.807) is 0 Å². The van der Waals surface area contributed by atoms with Crippen LogP contribution in [0.4, 0.5) is 0 Å². The Morgan fingerprint density at radius 2 is 0.640 bits per heavy atom. The Morgan fingerprint density at radius 3 is 0.840 bits per heavy atom. The van der Waals surface area contributed by atoms with Crippen molar-refractivity contribution < 1.29 is 18.2 Å². The normalized spacial score (nSPS) is 12.0. The van der Waals surface area contributed by atoms with Crippen molar-refractivity contribution in [1.29, 1.82) is 0 Å². The van der Waals surface area contributed by atoms with Crippen LogP contribution in [0.2, 0.25) is 0 Å². The zero-order chi connectivity index (χ0) is 18.6. The lowest BCUT2D eigenvalue weighted by Crippen LogP contribution is -2.22. The summed E-state index contributed by atoms with van der Waals surface area (Å²) in [7, 11) is 0. The lowest BCUT2D eigenvalue weighted by atomic mass is 9.71. The third-order valence-electron chi connectivity index (χ3n) is 4.77. The summed E-state index contributed by atoms with van der Waals surface area (Å²) in [5.41, 5.74) is 0.334. The van der Waals surface area contributed by atoms with Gasteiger partial charge in [-0.3, -0.25) is 0 Å². The first-order chi connectivity index (χ1) is 12.2. The van der Waals surface area contributed by atoms with Gasteiger partial charge in [0.25, 0.3) is 0 Å². The molecule has 4 nitrogen and oxygen atoms in total. The van der Waals surface area contributed by atoms with Crippen molar-refractivity contribution in [2.24, 2.45) is 5.41 Å². The standard InChI is InChI=1S/C17H36O4S4/c18-22-13-5-1-9-17(10-2-6-14-23-19,11-3-7-15-24-20)12-4-8-16-25-21/h18-21H,1-16H2. The molecule has 4 N–H and O–H groups in total. The summed E-state index contributed by atoms with van der Waals surface area (Å²) in [6.45, 7) is 0. The van der Waals surface area contributed by atoms with E-state index in [0.717, 1.165) is 123 Å². The van der Waals surface area contributed by atoms with Gasteiger partial charge in [0.1, 0.15) is 0 Å². The van der Waals surface area contributed by atoms with Crippen molar-refractivity contribution >= 4 is 48.2 Å². The number of hydrogen-bond donors (Lipinski definition) is 4. The highest BCUT2D eigenvalue weighted by molar-refractivity contribution is 7.94. The average molecular weight is 433 g/mol. The maximum absolute atomic E-state index is 8.94. The van der Waals surface area contributed by atoms with Crippen LogP contribution in [-0.2, 0) is 0 Å². The van der Waals surface area contributed by atoms with Gasteiger partial charge >= 0.3 is 0 Å². The third kappa shape index (κ3) is 15.9. The van der Waals surface area contributed by atoms with Crippen LogP contribution >= 0.6 is 48.2 Å². The van der Waals surface area contributed by atoms with Gasteiger partial charge in [-0.25, -0.2) is 0 Å². The Morgan fingerprint density at radius 1 is 0.400 bits per heavy atom. The van der Waals surface area contributed by atoms with Crippen LogP contribution < -0.4 is 0 Å². The number of unbranched alkanes of at least 4 members (excludes halogenated alkanes) is 4. The summed E-state index contributed by atoms with van der Waals surface area (Å²) in [5, 5.41) is 0. The fourth-order valence-corrected chi connectivity index (χ4v) is 4.75. The first-order valence-electron chi connectivity index (χ1n) is 9.30. The molecule has 0 atom stereocenters. The van der Waals surface area contributed by atoms with Gasteiger partial charge in [0.05, 0.1) is 0 Å². The van der Waals surface area contributed by atoms with Gasteiger partial charge in [-0.2, -0.15) is 0 Å². The Balaban J connectivity index is 4.62. The minimum Gasteiger partial charge on any atom is -0.330 e. The van der Waals surface area contributed by atoms with Gasteiger partial charge in [-0.1, -0.05) is 25.7 Å². The van der Waals surface area contributed by atoms with E-state index < -0.39 is 0 Å². The second-order valence-electron chi connectivity index (χ2n) is 6.66. The van der Waals surface area contributed by atoms with Gasteiger partial charge in [0, 0.05) is 23.0 Å². The second kappa shape index (κ2) is 20.0. The summed E-state index contributed by atoms with van der Waals surface area (Å²) < 4.78 is 35.7. The Bertz CT molecular complexity index is 220. The van der Waals surface area contributed by atoms with Crippen molar-refractivity contribution in [3.8, 4) is 0 Å². The zero-order valence-corrected chi connectivity index (χ0v) is 18.5. The molecule has 0 radical (unpaired) electrons. The highest BCUT2D eigenvalue weighted by atomic mass is 32.2. The largest absolute Gasteiger partial charge is 0.330 e. The summed E-state index contributed by atoms with van der Waals surface area (Å²) >= 11 is 3.74. The average Bonchev–Trinajstić information content (AvgIpc) is 2.63. The molecule has 0 aliphatic heterocycles. The molecule has 0 aromatic heterocycles. The van der Waals surface area contributed by atoms with Crippen molar-refractivity contribution in [2.75, 3.05) is 23.0 Å².